The first-order valence-corrected chi connectivity index (χ1v) is 9.48. The van der Waals surface area contributed by atoms with Crippen LogP contribution in [0.2, 0.25) is 4.34 Å². The van der Waals surface area contributed by atoms with Gasteiger partial charge in [0, 0.05) is 41.4 Å². The molecule has 0 aliphatic carbocycles. The molecule has 0 atom stereocenters. The lowest BCUT2D eigenvalue weighted by Gasteiger charge is -2.14. The quantitative estimate of drug-likeness (QED) is 0.734. The molecule has 2 N–H and O–H groups in total. The summed E-state index contributed by atoms with van der Waals surface area (Å²) >= 11 is 7.62. The fraction of sp³-hybridized carbons (Fsp3) is 0.278. The zero-order chi connectivity index (χ0) is 17.1. The van der Waals surface area contributed by atoms with Crippen LogP contribution >= 0.6 is 22.9 Å². The van der Waals surface area contributed by atoms with Gasteiger partial charge in [0.1, 0.15) is 5.82 Å². The van der Waals surface area contributed by atoms with E-state index < -0.39 is 0 Å². The molecule has 4 heterocycles. The molecule has 0 bridgehead atoms. The van der Waals surface area contributed by atoms with Gasteiger partial charge in [-0.1, -0.05) is 11.6 Å². The van der Waals surface area contributed by atoms with Crippen LogP contribution in [0, 0.1) is 0 Å². The smallest absolute Gasteiger partial charge is 0.163 e. The molecule has 0 spiro atoms. The maximum atomic E-state index is 6.03. The number of hydrogen-bond acceptors (Lipinski definition) is 6. The predicted molar refractivity (Wildman–Crippen MR) is 102 cm³/mol. The lowest BCUT2D eigenvalue weighted by atomic mass is 10.1. The molecular weight excluding hydrogens is 354 g/mol. The van der Waals surface area contributed by atoms with Gasteiger partial charge in [0.05, 0.1) is 16.6 Å². The minimum atomic E-state index is 0.709. The fourth-order valence-electron chi connectivity index (χ4n) is 2.93. The number of nitrogens with one attached hydrogen (secondary N) is 2. The summed E-state index contributed by atoms with van der Waals surface area (Å²) in [5.41, 5.74) is 3.26. The summed E-state index contributed by atoms with van der Waals surface area (Å²) in [4.78, 5) is 15.0. The molecule has 0 aromatic carbocycles. The number of pyridine rings is 1. The third-order valence-corrected chi connectivity index (χ3v) is 5.39. The lowest BCUT2D eigenvalue weighted by molar-refractivity contribution is 0.708. The number of rotatable bonds is 4. The van der Waals surface area contributed by atoms with Crippen molar-refractivity contribution in [3.05, 3.63) is 57.1 Å². The van der Waals surface area contributed by atoms with Crippen LogP contribution in [0.3, 0.4) is 0 Å². The first kappa shape index (κ1) is 16.4. The van der Waals surface area contributed by atoms with Crippen molar-refractivity contribution < 1.29 is 0 Å². The summed E-state index contributed by atoms with van der Waals surface area (Å²) in [5.74, 6) is 1.64. The summed E-state index contributed by atoms with van der Waals surface area (Å²) in [6.07, 6.45) is 5.40. The topological polar surface area (TPSA) is 62.7 Å². The Morgan fingerprint density at radius 1 is 1.16 bits per heavy atom. The number of halogens is 1. The number of anilines is 1. The Kier molecular flexibility index (Phi) is 4.92. The molecule has 7 heteroatoms. The fourth-order valence-corrected chi connectivity index (χ4v) is 3.96. The van der Waals surface area contributed by atoms with Crippen molar-refractivity contribution in [3.8, 4) is 11.4 Å². The van der Waals surface area contributed by atoms with Crippen molar-refractivity contribution in [1.29, 1.82) is 0 Å². The summed E-state index contributed by atoms with van der Waals surface area (Å²) in [5, 5.41) is 6.93. The van der Waals surface area contributed by atoms with E-state index in [1.807, 2.05) is 24.3 Å². The van der Waals surface area contributed by atoms with Gasteiger partial charge in [-0.15, -0.1) is 11.3 Å². The van der Waals surface area contributed by atoms with Crippen molar-refractivity contribution in [2.45, 2.75) is 19.4 Å². The third kappa shape index (κ3) is 3.81. The average Bonchev–Trinajstić information content (AvgIpc) is 2.91. The highest BCUT2D eigenvalue weighted by atomic mass is 35.5. The molecule has 0 saturated heterocycles. The van der Waals surface area contributed by atoms with Gasteiger partial charge in [-0.3, -0.25) is 4.98 Å². The van der Waals surface area contributed by atoms with Crippen molar-refractivity contribution in [3.63, 3.8) is 0 Å². The van der Waals surface area contributed by atoms with E-state index in [0.717, 1.165) is 53.2 Å². The van der Waals surface area contributed by atoms with Gasteiger partial charge in [-0.25, -0.2) is 9.97 Å². The minimum Gasteiger partial charge on any atom is -0.365 e. The van der Waals surface area contributed by atoms with Gasteiger partial charge in [0.25, 0.3) is 0 Å². The molecule has 25 heavy (non-hydrogen) atoms. The number of aromatic nitrogens is 3. The molecule has 0 fully saturated rings. The van der Waals surface area contributed by atoms with Gasteiger partial charge in [-0.2, -0.15) is 0 Å². The lowest BCUT2D eigenvalue weighted by Crippen LogP contribution is -2.16. The van der Waals surface area contributed by atoms with Crippen LogP contribution in [0.4, 0.5) is 5.82 Å². The predicted octanol–water partition coefficient (Wildman–Crippen LogP) is 3.55. The Labute approximate surface area is 155 Å². The second-order valence-corrected chi connectivity index (χ2v) is 7.67. The molecule has 1 aliphatic rings. The van der Waals surface area contributed by atoms with E-state index in [1.54, 1.807) is 23.7 Å². The highest BCUT2D eigenvalue weighted by molar-refractivity contribution is 7.16. The number of nitrogens with zero attached hydrogens (tertiary/aromatic N) is 3. The standard InChI is InChI=1S/C18H18ClN5S/c19-16-4-3-13(25-16)11-22-18-14-5-8-20-9-6-15(14)23-17(24-18)12-2-1-7-21-10-12/h1-4,7,10,20H,5-6,8-9,11H2,(H,22,23,24). The van der Waals surface area contributed by atoms with Crippen LogP contribution in [0.25, 0.3) is 11.4 Å². The highest BCUT2D eigenvalue weighted by Crippen LogP contribution is 2.26. The molecule has 3 aromatic heterocycles. The van der Waals surface area contributed by atoms with Crippen LogP contribution in [-0.2, 0) is 19.4 Å². The zero-order valence-corrected chi connectivity index (χ0v) is 15.2. The summed E-state index contributed by atoms with van der Waals surface area (Å²) in [6, 6.07) is 7.87. The van der Waals surface area contributed by atoms with Gasteiger partial charge in [-0.05, 0) is 37.2 Å². The Balaban J connectivity index is 1.69. The normalized spacial score (nSPS) is 14.0. The largest absolute Gasteiger partial charge is 0.365 e. The first-order chi connectivity index (χ1) is 12.3. The molecule has 4 rings (SSSR count). The number of hydrogen-bond donors (Lipinski definition) is 2. The van der Waals surface area contributed by atoms with Crippen molar-refractivity contribution in [2.75, 3.05) is 18.4 Å². The van der Waals surface area contributed by atoms with E-state index in [2.05, 4.69) is 15.6 Å². The minimum absolute atomic E-state index is 0.709. The molecular formula is C18H18ClN5S. The van der Waals surface area contributed by atoms with Crippen LogP contribution in [-0.4, -0.2) is 28.0 Å². The highest BCUT2D eigenvalue weighted by Gasteiger charge is 2.17. The van der Waals surface area contributed by atoms with Crippen molar-refractivity contribution >= 4 is 28.8 Å². The van der Waals surface area contributed by atoms with Gasteiger partial charge >= 0.3 is 0 Å². The van der Waals surface area contributed by atoms with E-state index in [0.29, 0.717) is 6.54 Å². The molecule has 128 valence electrons. The van der Waals surface area contributed by atoms with Gasteiger partial charge < -0.3 is 10.6 Å². The Morgan fingerprint density at radius 3 is 2.88 bits per heavy atom. The van der Waals surface area contributed by atoms with E-state index in [1.165, 1.54) is 10.4 Å². The van der Waals surface area contributed by atoms with E-state index in [-0.39, 0.29) is 0 Å². The van der Waals surface area contributed by atoms with Crippen LogP contribution in [0.1, 0.15) is 16.1 Å². The van der Waals surface area contributed by atoms with E-state index in [9.17, 15) is 0 Å². The first-order valence-electron chi connectivity index (χ1n) is 8.28. The summed E-state index contributed by atoms with van der Waals surface area (Å²) in [7, 11) is 0. The molecule has 1 aliphatic heterocycles. The zero-order valence-electron chi connectivity index (χ0n) is 13.6. The van der Waals surface area contributed by atoms with Crippen LogP contribution in [0.5, 0.6) is 0 Å². The maximum absolute atomic E-state index is 6.03. The molecule has 3 aromatic rings. The SMILES string of the molecule is Clc1ccc(CNc2nc(-c3cccnc3)nc3c2CCNCC3)s1. The Bertz CT molecular complexity index is 865. The molecule has 0 radical (unpaired) electrons. The average molecular weight is 372 g/mol. The Morgan fingerprint density at radius 2 is 2.08 bits per heavy atom. The Hall–Kier alpha value is -2.02. The van der Waals surface area contributed by atoms with Crippen LogP contribution < -0.4 is 10.6 Å². The van der Waals surface area contributed by atoms with Gasteiger partial charge in [0.15, 0.2) is 5.82 Å². The van der Waals surface area contributed by atoms with Crippen molar-refractivity contribution in [2.24, 2.45) is 0 Å². The third-order valence-electron chi connectivity index (χ3n) is 4.16. The molecule has 0 amide bonds. The second-order valence-electron chi connectivity index (χ2n) is 5.87. The summed E-state index contributed by atoms with van der Waals surface area (Å²) < 4.78 is 0.804. The monoisotopic (exact) mass is 371 g/mol. The van der Waals surface area contributed by atoms with Crippen molar-refractivity contribution in [1.82, 2.24) is 20.3 Å². The maximum Gasteiger partial charge on any atom is 0.163 e. The second kappa shape index (κ2) is 7.47. The summed E-state index contributed by atoms with van der Waals surface area (Å²) in [6.45, 7) is 2.60. The molecule has 0 saturated carbocycles. The molecule has 5 nitrogen and oxygen atoms in total. The van der Waals surface area contributed by atoms with Crippen LogP contribution in [0.15, 0.2) is 36.7 Å². The number of fused-ring (bicyclic) bond motifs is 1. The van der Waals surface area contributed by atoms with E-state index in [4.69, 9.17) is 21.6 Å². The van der Waals surface area contributed by atoms with E-state index >= 15 is 0 Å². The van der Waals surface area contributed by atoms with Gasteiger partial charge in [0.2, 0.25) is 0 Å². The molecule has 0 unspecified atom stereocenters. The number of thiophene rings is 1.